The molecule has 1 saturated heterocycles. The Kier molecular flexibility index (Phi) is 8.48. The van der Waals surface area contributed by atoms with Crippen LogP contribution in [0.15, 0.2) is 29.3 Å². The van der Waals surface area contributed by atoms with Crippen molar-refractivity contribution in [3.05, 3.63) is 29.3 Å². The molecule has 26 heavy (non-hydrogen) atoms. The Labute approximate surface area is 162 Å². The monoisotopic (exact) mass is 381 g/mol. The predicted octanol–water partition coefficient (Wildman–Crippen LogP) is 1.91. The smallest absolute Gasteiger partial charge is 0.191 e. The van der Waals surface area contributed by atoms with E-state index in [1.54, 1.807) is 0 Å². The van der Waals surface area contributed by atoms with Crippen LogP contribution in [0.3, 0.4) is 0 Å². The van der Waals surface area contributed by atoms with E-state index in [1.807, 2.05) is 31.2 Å². The van der Waals surface area contributed by atoms with Gasteiger partial charge in [-0.05, 0) is 52.2 Å². The van der Waals surface area contributed by atoms with Crippen LogP contribution in [0, 0.1) is 0 Å². The summed E-state index contributed by atoms with van der Waals surface area (Å²) in [6.07, 6.45) is -0.0184. The molecule has 146 valence electrons. The molecule has 1 heterocycles. The number of aliphatic imine (C=N–C) groups is 1. The molecule has 1 aromatic carbocycles. The van der Waals surface area contributed by atoms with Crippen LogP contribution in [0.5, 0.6) is 5.75 Å². The Balaban J connectivity index is 1.83. The molecule has 7 heteroatoms. The Hall–Kier alpha value is -1.50. The minimum absolute atomic E-state index is 0.0184. The lowest BCUT2D eigenvalue weighted by Crippen LogP contribution is -2.55. The molecular weight excluding hydrogens is 350 g/mol. The topological polar surface area (TPSA) is 52.1 Å². The van der Waals surface area contributed by atoms with E-state index >= 15 is 0 Å². The fourth-order valence-corrected chi connectivity index (χ4v) is 3.01. The first-order chi connectivity index (χ1) is 12.5. The summed E-state index contributed by atoms with van der Waals surface area (Å²) in [7, 11) is 4.36. The minimum Gasteiger partial charge on any atom is -0.489 e. The third-order valence-corrected chi connectivity index (χ3v) is 4.74. The molecule has 0 bridgehead atoms. The summed E-state index contributed by atoms with van der Waals surface area (Å²) in [6.45, 7) is 9.68. The quantitative estimate of drug-likeness (QED) is 0.558. The normalized spacial score (nSPS) is 20.7. The van der Waals surface area contributed by atoms with Gasteiger partial charge in [-0.2, -0.15) is 0 Å². The number of rotatable bonds is 7. The second kappa shape index (κ2) is 10.6. The van der Waals surface area contributed by atoms with Crippen molar-refractivity contribution in [1.29, 1.82) is 0 Å². The highest BCUT2D eigenvalue weighted by molar-refractivity contribution is 6.30. The van der Waals surface area contributed by atoms with Gasteiger partial charge in [-0.1, -0.05) is 11.6 Å². The van der Waals surface area contributed by atoms with Crippen LogP contribution in [-0.4, -0.2) is 81.3 Å². The number of benzene rings is 1. The summed E-state index contributed by atoms with van der Waals surface area (Å²) in [5.41, 5.74) is 0. The van der Waals surface area contributed by atoms with E-state index in [2.05, 4.69) is 46.4 Å². The fraction of sp³-hybridized carbons (Fsp3) is 0.632. The van der Waals surface area contributed by atoms with Crippen LogP contribution in [0.2, 0.25) is 5.02 Å². The van der Waals surface area contributed by atoms with Gasteiger partial charge in [0.15, 0.2) is 5.96 Å². The number of nitrogens with zero attached hydrogens (tertiary/aromatic N) is 3. The maximum absolute atomic E-state index is 5.90. The summed E-state index contributed by atoms with van der Waals surface area (Å²) in [4.78, 5) is 9.45. The summed E-state index contributed by atoms with van der Waals surface area (Å²) in [5.74, 6) is 1.64. The Bertz CT molecular complexity index is 566. The highest BCUT2D eigenvalue weighted by atomic mass is 35.5. The minimum atomic E-state index is -0.0184. The maximum Gasteiger partial charge on any atom is 0.191 e. The number of piperazine rings is 1. The molecule has 0 aromatic heterocycles. The molecule has 2 atom stereocenters. The zero-order valence-corrected chi connectivity index (χ0v) is 17.1. The molecule has 2 unspecified atom stereocenters. The molecule has 1 aromatic rings. The summed E-state index contributed by atoms with van der Waals surface area (Å²) >= 11 is 5.90. The van der Waals surface area contributed by atoms with Gasteiger partial charge in [0.1, 0.15) is 11.9 Å². The predicted molar refractivity (Wildman–Crippen MR) is 109 cm³/mol. The summed E-state index contributed by atoms with van der Waals surface area (Å²) in [6, 6.07) is 7.90. The number of hydrogen-bond donors (Lipinski definition) is 2. The van der Waals surface area contributed by atoms with E-state index in [-0.39, 0.29) is 6.10 Å². The second-order valence-corrected chi connectivity index (χ2v) is 7.32. The Morgan fingerprint density at radius 1 is 1.27 bits per heavy atom. The van der Waals surface area contributed by atoms with Crippen molar-refractivity contribution in [2.24, 2.45) is 4.99 Å². The van der Waals surface area contributed by atoms with Crippen LogP contribution in [0.4, 0.5) is 0 Å². The molecule has 1 fully saturated rings. The van der Waals surface area contributed by atoms with Crippen molar-refractivity contribution in [1.82, 2.24) is 20.4 Å². The first kappa shape index (κ1) is 20.8. The van der Waals surface area contributed by atoms with Crippen LogP contribution >= 0.6 is 11.6 Å². The molecule has 0 amide bonds. The Morgan fingerprint density at radius 2 is 2.00 bits per heavy atom. The lowest BCUT2D eigenvalue weighted by molar-refractivity contribution is 0.116. The molecule has 1 aliphatic rings. The molecule has 0 spiro atoms. The van der Waals surface area contributed by atoms with Gasteiger partial charge >= 0.3 is 0 Å². The molecule has 2 N–H and O–H groups in total. The van der Waals surface area contributed by atoms with Crippen LogP contribution < -0.4 is 15.4 Å². The highest BCUT2D eigenvalue weighted by Crippen LogP contribution is 2.16. The summed E-state index contributed by atoms with van der Waals surface area (Å²) in [5, 5.41) is 7.48. The molecular formula is C19H32ClN5O. The fourth-order valence-electron chi connectivity index (χ4n) is 2.88. The molecule has 1 aliphatic heterocycles. The summed E-state index contributed by atoms with van der Waals surface area (Å²) < 4.78 is 5.89. The number of likely N-dealkylation sites (N-methyl/N-ethyl adjacent to an activating group) is 2. The van der Waals surface area contributed by atoms with E-state index in [0.29, 0.717) is 17.6 Å². The lowest BCUT2D eigenvalue weighted by Gasteiger charge is -2.37. The highest BCUT2D eigenvalue weighted by Gasteiger charge is 2.22. The van der Waals surface area contributed by atoms with Crippen molar-refractivity contribution in [3.63, 3.8) is 0 Å². The first-order valence-electron chi connectivity index (χ1n) is 9.31. The maximum atomic E-state index is 5.90. The van der Waals surface area contributed by atoms with E-state index in [4.69, 9.17) is 16.3 Å². The van der Waals surface area contributed by atoms with Crippen molar-refractivity contribution in [3.8, 4) is 5.75 Å². The number of hydrogen-bond acceptors (Lipinski definition) is 4. The average Bonchev–Trinajstić information content (AvgIpc) is 2.62. The van der Waals surface area contributed by atoms with Crippen molar-refractivity contribution >= 4 is 17.6 Å². The Morgan fingerprint density at radius 3 is 2.69 bits per heavy atom. The van der Waals surface area contributed by atoms with Crippen LogP contribution in [0.1, 0.15) is 13.8 Å². The standard InChI is InChI=1S/C19H32ClN5O/c1-5-21-19(23-13-17-14-24(3)10-11-25(17)4)22-12-15(2)26-18-8-6-16(20)7-9-18/h6-9,15,17H,5,10-14H2,1-4H3,(H2,21,22,23). The van der Waals surface area contributed by atoms with Crippen molar-refractivity contribution in [2.75, 3.05) is 53.4 Å². The van der Waals surface area contributed by atoms with Crippen LogP contribution in [-0.2, 0) is 0 Å². The third kappa shape index (κ3) is 7.02. The number of guanidine groups is 1. The van der Waals surface area contributed by atoms with Gasteiger partial charge in [0.2, 0.25) is 0 Å². The van der Waals surface area contributed by atoms with Gasteiger partial charge < -0.3 is 20.3 Å². The van der Waals surface area contributed by atoms with Crippen LogP contribution in [0.25, 0.3) is 0 Å². The lowest BCUT2D eigenvalue weighted by atomic mass is 10.2. The second-order valence-electron chi connectivity index (χ2n) is 6.88. The zero-order valence-electron chi connectivity index (χ0n) is 16.3. The molecule has 2 rings (SSSR count). The first-order valence-corrected chi connectivity index (χ1v) is 9.69. The van der Waals surface area contributed by atoms with Gasteiger partial charge in [0.25, 0.3) is 0 Å². The average molecular weight is 382 g/mol. The SMILES string of the molecule is CCNC(=NCC(C)Oc1ccc(Cl)cc1)NCC1CN(C)CCN1C. The van der Waals surface area contributed by atoms with E-state index < -0.39 is 0 Å². The largest absolute Gasteiger partial charge is 0.489 e. The molecule has 0 radical (unpaired) electrons. The third-order valence-electron chi connectivity index (χ3n) is 4.49. The zero-order chi connectivity index (χ0) is 18.9. The van der Waals surface area contributed by atoms with Gasteiger partial charge in [-0.3, -0.25) is 4.90 Å². The number of nitrogens with one attached hydrogen (secondary N) is 2. The van der Waals surface area contributed by atoms with Gasteiger partial charge in [0.05, 0.1) is 6.54 Å². The molecule has 0 aliphatic carbocycles. The van der Waals surface area contributed by atoms with Crippen molar-refractivity contribution < 1.29 is 4.74 Å². The van der Waals surface area contributed by atoms with Gasteiger partial charge in [-0.25, -0.2) is 4.99 Å². The number of halogens is 1. The van der Waals surface area contributed by atoms with E-state index in [9.17, 15) is 0 Å². The van der Waals surface area contributed by atoms with Gasteiger partial charge in [-0.15, -0.1) is 0 Å². The van der Waals surface area contributed by atoms with E-state index in [1.165, 1.54) is 0 Å². The molecule has 6 nitrogen and oxygen atoms in total. The number of ether oxygens (including phenoxy) is 1. The molecule has 0 saturated carbocycles. The van der Waals surface area contributed by atoms with Crippen molar-refractivity contribution in [2.45, 2.75) is 26.0 Å². The van der Waals surface area contributed by atoms with E-state index in [0.717, 1.165) is 44.4 Å². The van der Waals surface area contributed by atoms with Gasteiger partial charge in [0, 0.05) is 43.8 Å².